The standard InChI is InChI=1S/C8H6ClNO/c9-8-6-10-4-3-7(8)2-1-5-11/h1-6H. The van der Waals surface area contributed by atoms with Gasteiger partial charge in [0.15, 0.2) is 0 Å². The molecule has 2 nitrogen and oxygen atoms in total. The van der Waals surface area contributed by atoms with E-state index in [2.05, 4.69) is 4.98 Å². The number of aromatic nitrogens is 1. The lowest BCUT2D eigenvalue weighted by molar-refractivity contribution is -0.104. The van der Waals surface area contributed by atoms with Gasteiger partial charge in [0.05, 0.1) is 5.02 Å². The maximum atomic E-state index is 9.94. The van der Waals surface area contributed by atoms with Crippen LogP contribution in [0.25, 0.3) is 6.08 Å². The number of carbonyl (C=O) groups excluding carboxylic acids is 1. The zero-order chi connectivity index (χ0) is 8.10. The minimum atomic E-state index is 0.547. The van der Waals surface area contributed by atoms with E-state index in [1.807, 2.05) is 0 Å². The highest BCUT2D eigenvalue weighted by atomic mass is 35.5. The molecule has 0 radical (unpaired) electrons. The summed E-state index contributed by atoms with van der Waals surface area (Å²) in [5, 5.41) is 0.547. The molecule has 0 bridgehead atoms. The zero-order valence-electron chi connectivity index (χ0n) is 5.70. The van der Waals surface area contributed by atoms with Gasteiger partial charge in [0, 0.05) is 12.4 Å². The molecule has 0 saturated heterocycles. The number of hydrogen-bond acceptors (Lipinski definition) is 2. The number of hydrogen-bond donors (Lipinski definition) is 0. The van der Waals surface area contributed by atoms with Crippen LogP contribution in [-0.2, 0) is 4.79 Å². The second kappa shape index (κ2) is 3.88. The number of carbonyl (C=O) groups is 1. The molecule has 0 atom stereocenters. The Morgan fingerprint density at radius 2 is 2.36 bits per heavy atom. The summed E-state index contributed by atoms with van der Waals surface area (Å²) in [4.78, 5) is 13.7. The molecule has 0 unspecified atom stereocenters. The van der Waals surface area contributed by atoms with Crippen LogP contribution >= 0.6 is 11.6 Å². The first-order valence-corrected chi connectivity index (χ1v) is 3.44. The van der Waals surface area contributed by atoms with Gasteiger partial charge in [0.1, 0.15) is 6.29 Å². The van der Waals surface area contributed by atoms with Gasteiger partial charge in [-0.3, -0.25) is 9.78 Å². The Morgan fingerprint density at radius 1 is 1.55 bits per heavy atom. The summed E-state index contributed by atoms with van der Waals surface area (Å²) in [6.07, 6.45) is 6.89. The van der Waals surface area contributed by atoms with Gasteiger partial charge in [0.25, 0.3) is 0 Å². The van der Waals surface area contributed by atoms with Crippen molar-refractivity contribution in [3.63, 3.8) is 0 Å². The fraction of sp³-hybridized carbons (Fsp3) is 0. The second-order valence-corrected chi connectivity index (χ2v) is 2.30. The fourth-order valence-electron chi connectivity index (χ4n) is 0.664. The van der Waals surface area contributed by atoms with Crippen molar-refractivity contribution in [2.45, 2.75) is 0 Å². The van der Waals surface area contributed by atoms with Crippen LogP contribution in [-0.4, -0.2) is 11.3 Å². The highest BCUT2D eigenvalue weighted by molar-refractivity contribution is 6.31. The Hall–Kier alpha value is -1.15. The molecule has 56 valence electrons. The lowest BCUT2D eigenvalue weighted by atomic mass is 10.2. The minimum absolute atomic E-state index is 0.547. The van der Waals surface area contributed by atoms with E-state index >= 15 is 0 Å². The van der Waals surface area contributed by atoms with Crippen LogP contribution in [0.1, 0.15) is 5.56 Å². The quantitative estimate of drug-likeness (QED) is 0.498. The van der Waals surface area contributed by atoms with Crippen molar-refractivity contribution in [2.24, 2.45) is 0 Å². The topological polar surface area (TPSA) is 30.0 Å². The number of halogens is 1. The predicted molar refractivity (Wildman–Crippen MR) is 44.3 cm³/mol. The highest BCUT2D eigenvalue weighted by Gasteiger charge is 1.92. The first kappa shape index (κ1) is 7.95. The van der Waals surface area contributed by atoms with Crippen molar-refractivity contribution in [3.8, 4) is 0 Å². The predicted octanol–water partition coefficient (Wildman–Crippen LogP) is 1.95. The third-order valence-electron chi connectivity index (χ3n) is 1.16. The van der Waals surface area contributed by atoms with Gasteiger partial charge in [-0.25, -0.2) is 0 Å². The van der Waals surface area contributed by atoms with Crippen LogP contribution in [0.15, 0.2) is 24.5 Å². The van der Waals surface area contributed by atoms with Crippen LogP contribution < -0.4 is 0 Å². The van der Waals surface area contributed by atoms with Crippen molar-refractivity contribution in [1.82, 2.24) is 4.98 Å². The molecule has 0 saturated carbocycles. The van der Waals surface area contributed by atoms with E-state index in [4.69, 9.17) is 11.6 Å². The minimum Gasteiger partial charge on any atom is -0.299 e. The van der Waals surface area contributed by atoms with Gasteiger partial charge in [-0.15, -0.1) is 0 Å². The molecular weight excluding hydrogens is 162 g/mol. The Labute approximate surface area is 69.5 Å². The van der Waals surface area contributed by atoms with Gasteiger partial charge in [-0.05, 0) is 17.7 Å². The van der Waals surface area contributed by atoms with E-state index in [1.54, 1.807) is 18.3 Å². The largest absolute Gasteiger partial charge is 0.299 e. The molecule has 0 amide bonds. The zero-order valence-corrected chi connectivity index (χ0v) is 6.45. The SMILES string of the molecule is O=CC=Cc1ccncc1Cl. The van der Waals surface area contributed by atoms with Crippen LogP contribution in [0.2, 0.25) is 5.02 Å². The Kier molecular flexibility index (Phi) is 2.81. The number of pyridine rings is 1. The summed E-state index contributed by atoms with van der Waals surface area (Å²) >= 11 is 5.73. The summed E-state index contributed by atoms with van der Waals surface area (Å²) in [6.45, 7) is 0. The van der Waals surface area contributed by atoms with Crippen molar-refractivity contribution in [1.29, 1.82) is 0 Å². The first-order valence-electron chi connectivity index (χ1n) is 3.06. The van der Waals surface area contributed by atoms with Crippen LogP contribution in [0.4, 0.5) is 0 Å². The van der Waals surface area contributed by atoms with E-state index in [0.29, 0.717) is 11.3 Å². The van der Waals surface area contributed by atoms with E-state index in [1.165, 1.54) is 12.3 Å². The molecule has 1 rings (SSSR count). The van der Waals surface area contributed by atoms with E-state index < -0.39 is 0 Å². The molecule has 0 aliphatic rings. The monoisotopic (exact) mass is 167 g/mol. The molecule has 1 aromatic rings. The Bertz CT molecular complexity index is 283. The van der Waals surface area contributed by atoms with Crippen molar-refractivity contribution in [3.05, 3.63) is 35.1 Å². The van der Waals surface area contributed by atoms with Gasteiger partial charge in [-0.1, -0.05) is 17.7 Å². The molecule has 0 aromatic carbocycles. The molecule has 1 aromatic heterocycles. The number of nitrogens with zero attached hydrogens (tertiary/aromatic N) is 1. The highest BCUT2D eigenvalue weighted by Crippen LogP contribution is 2.14. The van der Waals surface area contributed by atoms with Crippen LogP contribution in [0.3, 0.4) is 0 Å². The molecule has 3 heteroatoms. The molecule has 0 fully saturated rings. The maximum Gasteiger partial charge on any atom is 0.142 e. The van der Waals surface area contributed by atoms with Crippen molar-refractivity contribution < 1.29 is 4.79 Å². The molecule has 11 heavy (non-hydrogen) atoms. The molecule has 1 heterocycles. The number of allylic oxidation sites excluding steroid dienone is 1. The maximum absolute atomic E-state index is 9.94. The normalized spacial score (nSPS) is 10.3. The summed E-state index contributed by atoms with van der Waals surface area (Å²) in [5.41, 5.74) is 0.800. The average Bonchev–Trinajstić information content (AvgIpc) is 2.03. The number of rotatable bonds is 2. The molecule has 0 aliphatic heterocycles. The fourth-order valence-corrected chi connectivity index (χ4v) is 0.846. The number of aldehydes is 1. The Morgan fingerprint density at radius 3 is 3.00 bits per heavy atom. The molecular formula is C8H6ClNO. The first-order chi connectivity index (χ1) is 5.34. The van der Waals surface area contributed by atoms with Gasteiger partial charge >= 0.3 is 0 Å². The van der Waals surface area contributed by atoms with Gasteiger partial charge < -0.3 is 0 Å². The summed E-state index contributed by atoms with van der Waals surface area (Å²) in [7, 11) is 0. The van der Waals surface area contributed by atoms with Crippen molar-refractivity contribution in [2.75, 3.05) is 0 Å². The van der Waals surface area contributed by atoms with E-state index in [0.717, 1.165) is 5.56 Å². The third-order valence-corrected chi connectivity index (χ3v) is 1.47. The molecule has 0 spiro atoms. The van der Waals surface area contributed by atoms with Gasteiger partial charge in [-0.2, -0.15) is 0 Å². The van der Waals surface area contributed by atoms with Crippen molar-refractivity contribution >= 4 is 24.0 Å². The summed E-state index contributed by atoms with van der Waals surface area (Å²) < 4.78 is 0. The molecule has 0 N–H and O–H groups in total. The van der Waals surface area contributed by atoms with Gasteiger partial charge in [0.2, 0.25) is 0 Å². The van der Waals surface area contributed by atoms with E-state index in [-0.39, 0.29) is 0 Å². The lowest BCUT2D eigenvalue weighted by Gasteiger charge is -1.93. The smallest absolute Gasteiger partial charge is 0.142 e. The Balaban J connectivity index is 2.94. The molecule has 0 aliphatic carbocycles. The second-order valence-electron chi connectivity index (χ2n) is 1.89. The van der Waals surface area contributed by atoms with Crippen LogP contribution in [0.5, 0.6) is 0 Å². The summed E-state index contributed by atoms with van der Waals surface area (Å²) in [6, 6.07) is 1.74. The van der Waals surface area contributed by atoms with E-state index in [9.17, 15) is 4.79 Å². The average molecular weight is 168 g/mol. The van der Waals surface area contributed by atoms with Crippen LogP contribution in [0, 0.1) is 0 Å². The third kappa shape index (κ3) is 2.16. The summed E-state index contributed by atoms with van der Waals surface area (Å²) in [5.74, 6) is 0. The lowest BCUT2D eigenvalue weighted by Crippen LogP contribution is -1.76.